The van der Waals surface area contributed by atoms with Crippen molar-refractivity contribution >= 4 is 39.0 Å². The van der Waals surface area contributed by atoms with Crippen molar-refractivity contribution in [1.82, 2.24) is 0 Å². The summed E-state index contributed by atoms with van der Waals surface area (Å²) in [6.45, 7) is 4.68. The highest BCUT2D eigenvalue weighted by atomic mass is 16.5. The van der Waals surface area contributed by atoms with Crippen molar-refractivity contribution in [2.24, 2.45) is 0 Å². The van der Waals surface area contributed by atoms with Crippen LogP contribution in [0.5, 0.6) is 11.5 Å². The average Bonchev–Trinajstić information content (AvgIpc) is 3.74. The Bertz CT molecular complexity index is 3320. The van der Waals surface area contributed by atoms with E-state index in [-0.39, 0.29) is 5.41 Å². The summed E-state index contributed by atoms with van der Waals surface area (Å²) in [6, 6.07) is 71.8. The minimum absolute atomic E-state index is 0.149. The summed E-state index contributed by atoms with van der Waals surface area (Å²) in [6.07, 6.45) is 0. The largest absolute Gasteiger partial charge is 0.456 e. The maximum absolute atomic E-state index is 7.06. The van der Waals surface area contributed by atoms with Gasteiger partial charge in [0.15, 0.2) is 0 Å². The Morgan fingerprint density at radius 1 is 0.367 bits per heavy atom. The number of hydrogen-bond donors (Lipinski definition) is 0. The first kappa shape index (κ1) is 34.4. The number of ether oxygens (including phenoxy) is 1. The molecule has 9 aromatic carbocycles. The average molecular weight is 770 g/mol. The lowest BCUT2D eigenvalue weighted by atomic mass is 9.82. The van der Waals surface area contributed by atoms with Gasteiger partial charge in [0.2, 0.25) is 0 Å². The molecule has 0 saturated carbocycles. The number of hydrogen-bond acceptors (Lipinski definition) is 3. The van der Waals surface area contributed by atoms with E-state index in [1.54, 1.807) is 0 Å². The van der Waals surface area contributed by atoms with E-state index in [0.29, 0.717) is 0 Å². The molecule has 0 bridgehead atoms. The van der Waals surface area contributed by atoms with E-state index in [0.717, 1.165) is 95.0 Å². The van der Waals surface area contributed by atoms with Crippen LogP contribution in [0.2, 0.25) is 0 Å². The Balaban J connectivity index is 1.02. The zero-order valence-electron chi connectivity index (χ0n) is 33.3. The topological polar surface area (TPSA) is 25.6 Å². The molecule has 1 aliphatic heterocycles. The third-order valence-corrected chi connectivity index (χ3v) is 12.7. The predicted octanol–water partition coefficient (Wildman–Crippen LogP) is 16.1. The van der Waals surface area contributed by atoms with Crippen molar-refractivity contribution in [1.29, 1.82) is 0 Å². The van der Waals surface area contributed by atoms with Crippen LogP contribution in [0, 0.1) is 0 Å². The molecule has 0 atom stereocenters. The number of para-hydroxylation sites is 2. The molecule has 12 rings (SSSR count). The summed E-state index contributed by atoms with van der Waals surface area (Å²) in [5, 5.41) is 2.25. The number of benzene rings is 9. The van der Waals surface area contributed by atoms with E-state index in [1.807, 2.05) is 12.1 Å². The third-order valence-electron chi connectivity index (χ3n) is 12.7. The van der Waals surface area contributed by atoms with Gasteiger partial charge in [-0.15, -0.1) is 0 Å². The Morgan fingerprint density at radius 3 is 1.73 bits per heavy atom. The fourth-order valence-corrected chi connectivity index (χ4v) is 9.71. The predicted molar refractivity (Wildman–Crippen MR) is 248 cm³/mol. The van der Waals surface area contributed by atoms with Crippen LogP contribution in [-0.2, 0) is 5.41 Å². The molecule has 2 heterocycles. The first-order valence-electron chi connectivity index (χ1n) is 20.7. The van der Waals surface area contributed by atoms with Gasteiger partial charge in [-0.25, -0.2) is 0 Å². The second kappa shape index (κ2) is 13.2. The van der Waals surface area contributed by atoms with Gasteiger partial charge in [0.1, 0.15) is 22.7 Å². The van der Waals surface area contributed by atoms with E-state index < -0.39 is 0 Å². The van der Waals surface area contributed by atoms with Crippen LogP contribution in [0.25, 0.3) is 77.6 Å². The number of furan rings is 1. The maximum atomic E-state index is 7.06. The van der Waals surface area contributed by atoms with E-state index in [9.17, 15) is 0 Å². The van der Waals surface area contributed by atoms with Crippen LogP contribution < -0.4 is 9.64 Å². The van der Waals surface area contributed by atoms with E-state index in [2.05, 4.69) is 207 Å². The molecule has 3 nitrogen and oxygen atoms in total. The van der Waals surface area contributed by atoms with Gasteiger partial charge < -0.3 is 14.1 Å². The quantitative estimate of drug-likeness (QED) is 0.174. The molecule has 3 heteroatoms. The van der Waals surface area contributed by atoms with E-state index in [4.69, 9.17) is 9.15 Å². The molecule has 284 valence electrons. The number of nitrogens with zero attached hydrogens (tertiary/aromatic N) is 1. The molecule has 0 saturated heterocycles. The second-order valence-corrected chi connectivity index (χ2v) is 16.5. The summed E-state index contributed by atoms with van der Waals surface area (Å²) >= 11 is 0. The molecule has 60 heavy (non-hydrogen) atoms. The molecule has 0 spiro atoms. The molecule has 1 aromatic heterocycles. The second-order valence-electron chi connectivity index (χ2n) is 16.5. The van der Waals surface area contributed by atoms with Gasteiger partial charge in [0.25, 0.3) is 0 Å². The van der Waals surface area contributed by atoms with Gasteiger partial charge in [-0.2, -0.15) is 0 Å². The lowest BCUT2D eigenvalue weighted by Gasteiger charge is -2.29. The van der Waals surface area contributed by atoms with E-state index in [1.165, 1.54) is 22.3 Å². The molecule has 10 aromatic rings. The van der Waals surface area contributed by atoms with Crippen LogP contribution >= 0.6 is 0 Å². The molecular formula is C57H39NO2. The normalized spacial score (nSPS) is 13.1. The zero-order valence-corrected chi connectivity index (χ0v) is 33.3. The van der Waals surface area contributed by atoms with Gasteiger partial charge in [0, 0.05) is 56.0 Å². The summed E-state index contributed by atoms with van der Waals surface area (Å²) < 4.78 is 13.5. The van der Waals surface area contributed by atoms with Gasteiger partial charge in [-0.05, 0) is 105 Å². The van der Waals surface area contributed by atoms with Gasteiger partial charge in [-0.3, -0.25) is 0 Å². The monoisotopic (exact) mass is 769 g/mol. The summed E-state index contributed by atoms with van der Waals surface area (Å²) in [7, 11) is 0. The molecule has 0 unspecified atom stereocenters. The van der Waals surface area contributed by atoms with Crippen molar-refractivity contribution in [2.45, 2.75) is 19.3 Å². The molecule has 0 N–H and O–H groups in total. The SMILES string of the molecule is CC1(C)c2ccccc2-c2ccc(N(c3ccc(-c4cccc5c4oc4ccccc45)cc3)c3ccc4c(c3)Oc3cc(-c5ccccc5)ccc3-c3ccccc3-4)cc21. The highest BCUT2D eigenvalue weighted by Crippen LogP contribution is 2.53. The first-order valence-corrected chi connectivity index (χ1v) is 20.7. The molecule has 1 aliphatic carbocycles. The van der Waals surface area contributed by atoms with Crippen LogP contribution in [0.4, 0.5) is 17.1 Å². The van der Waals surface area contributed by atoms with Crippen molar-refractivity contribution in [2.75, 3.05) is 4.90 Å². The number of rotatable bonds is 5. The fourth-order valence-electron chi connectivity index (χ4n) is 9.71. The molecular weight excluding hydrogens is 731 g/mol. The smallest absolute Gasteiger partial charge is 0.143 e. The van der Waals surface area contributed by atoms with Crippen molar-refractivity contribution in [3.05, 3.63) is 211 Å². The van der Waals surface area contributed by atoms with Gasteiger partial charge in [-0.1, -0.05) is 153 Å². The molecule has 0 amide bonds. The first-order chi connectivity index (χ1) is 29.5. The molecule has 0 fully saturated rings. The lowest BCUT2D eigenvalue weighted by molar-refractivity contribution is 0.488. The van der Waals surface area contributed by atoms with Gasteiger partial charge in [0.05, 0.1) is 0 Å². The van der Waals surface area contributed by atoms with Crippen LogP contribution in [-0.4, -0.2) is 0 Å². The fraction of sp³-hybridized carbons (Fsp3) is 0.0526. The van der Waals surface area contributed by atoms with Crippen LogP contribution in [0.1, 0.15) is 25.0 Å². The minimum atomic E-state index is -0.149. The van der Waals surface area contributed by atoms with Crippen molar-refractivity contribution in [3.8, 4) is 67.1 Å². The van der Waals surface area contributed by atoms with Gasteiger partial charge >= 0.3 is 0 Å². The molecule has 0 radical (unpaired) electrons. The summed E-state index contributed by atoms with van der Waals surface area (Å²) in [4.78, 5) is 2.37. The van der Waals surface area contributed by atoms with Crippen molar-refractivity contribution in [3.63, 3.8) is 0 Å². The Labute approximate surface area is 349 Å². The minimum Gasteiger partial charge on any atom is -0.456 e. The highest BCUT2D eigenvalue weighted by molar-refractivity contribution is 6.09. The third kappa shape index (κ3) is 5.29. The summed E-state index contributed by atoms with van der Waals surface area (Å²) in [5.41, 5.74) is 19.0. The Kier molecular flexibility index (Phi) is 7.58. The van der Waals surface area contributed by atoms with E-state index >= 15 is 0 Å². The van der Waals surface area contributed by atoms with Crippen LogP contribution in [0.3, 0.4) is 0 Å². The van der Waals surface area contributed by atoms with Crippen molar-refractivity contribution < 1.29 is 9.15 Å². The lowest BCUT2D eigenvalue weighted by Crippen LogP contribution is -2.16. The summed E-state index contributed by atoms with van der Waals surface area (Å²) in [5.74, 6) is 1.66. The molecule has 2 aliphatic rings. The number of fused-ring (bicyclic) bond motifs is 11. The highest BCUT2D eigenvalue weighted by Gasteiger charge is 2.36. The van der Waals surface area contributed by atoms with Crippen LogP contribution in [0.15, 0.2) is 205 Å². The zero-order chi connectivity index (χ0) is 40.0. The maximum Gasteiger partial charge on any atom is 0.143 e. The standard InChI is InChI=1S/C57H39NO2/c1-57(2)51-21-10-8-17-45(51)46-31-28-40(34-52(46)57)58(39-26-23-37(24-27-39)42-19-12-20-50-47-18-9-11-22-53(47)60-56(42)50)41-29-32-49-44-16-7-6-15-43(44)48-30-25-38(36-13-4-3-5-14-36)33-54(48)59-55(49)35-41/h3-35H,1-2H3. The Morgan fingerprint density at radius 2 is 0.933 bits per heavy atom. The number of anilines is 3. The Hall–Kier alpha value is -7.62.